The Morgan fingerprint density at radius 2 is 1.88 bits per heavy atom. The van der Waals surface area contributed by atoms with Gasteiger partial charge in [-0.1, -0.05) is 0 Å². The van der Waals surface area contributed by atoms with Crippen molar-refractivity contribution in [1.29, 1.82) is 0 Å². The van der Waals surface area contributed by atoms with Gasteiger partial charge in [0.25, 0.3) is 0 Å². The molecule has 90 valence electrons. The van der Waals surface area contributed by atoms with E-state index >= 15 is 0 Å². The van der Waals surface area contributed by atoms with E-state index in [4.69, 9.17) is 15.9 Å². The average Bonchev–Trinajstić information content (AvgIpc) is 2.16. The van der Waals surface area contributed by atoms with Gasteiger partial charge in [0.2, 0.25) is 0 Å². The third kappa shape index (κ3) is 3.11. The second-order valence-corrected chi connectivity index (χ2v) is 3.43. The molecule has 3 nitrogen and oxygen atoms in total. The van der Waals surface area contributed by atoms with Crippen molar-refractivity contribution in [1.82, 2.24) is 0 Å². The number of aliphatic hydroxyl groups is 1. The highest BCUT2D eigenvalue weighted by atomic mass is 19.4. The van der Waals surface area contributed by atoms with Crippen molar-refractivity contribution in [3.8, 4) is 5.75 Å². The minimum absolute atomic E-state index is 0.140. The molecule has 16 heavy (non-hydrogen) atoms. The first-order valence-electron chi connectivity index (χ1n) is 4.62. The molecular weight excluding hydrogens is 223 g/mol. The molecule has 1 aromatic carbocycles. The fourth-order valence-electron chi connectivity index (χ4n) is 1.32. The van der Waals surface area contributed by atoms with Crippen LogP contribution >= 0.6 is 0 Å². The molecule has 4 N–H and O–H groups in total. The van der Waals surface area contributed by atoms with Crippen molar-refractivity contribution in [3.63, 3.8) is 0 Å². The highest BCUT2D eigenvalue weighted by molar-refractivity contribution is 5.36. The maximum atomic E-state index is 12.4. The van der Waals surface area contributed by atoms with Crippen LogP contribution in [0.5, 0.6) is 5.75 Å². The number of phenolic OH excluding ortho intramolecular Hbond substituents is 1. The minimum Gasteiger partial charge on any atom is -0.508 e. The van der Waals surface area contributed by atoms with Crippen LogP contribution in [0.1, 0.15) is 23.6 Å². The van der Waals surface area contributed by atoms with Gasteiger partial charge in [0.1, 0.15) is 5.75 Å². The molecule has 0 aliphatic heterocycles. The van der Waals surface area contributed by atoms with Crippen molar-refractivity contribution in [2.45, 2.75) is 18.6 Å². The zero-order valence-corrected chi connectivity index (χ0v) is 8.33. The first kappa shape index (κ1) is 12.8. The Morgan fingerprint density at radius 1 is 1.25 bits per heavy atom. The molecule has 0 bridgehead atoms. The molecule has 0 radical (unpaired) electrons. The number of phenols is 1. The molecule has 0 heterocycles. The predicted octanol–water partition coefficient (Wildman–Crippen LogP) is 1.79. The first-order chi connectivity index (χ1) is 7.34. The quantitative estimate of drug-likeness (QED) is 0.748. The van der Waals surface area contributed by atoms with Gasteiger partial charge in [0.05, 0.1) is 5.56 Å². The van der Waals surface area contributed by atoms with Crippen molar-refractivity contribution in [2.24, 2.45) is 5.73 Å². The number of hydrogen-bond donors (Lipinski definition) is 3. The maximum Gasteiger partial charge on any atom is 0.416 e. The standard InChI is InChI=1S/C10H12F3NO2/c11-10(12,13)7-3-6(4-8(16)5-7)9(14)1-2-15/h3-5,9,15-16H,1-2,14H2/t9-/m1/s1. The third-order valence-corrected chi connectivity index (χ3v) is 2.14. The lowest BCUT2D eigenvalue weighted by Crippen LogP contribution is -2.13. The van der Waals surface area contributed by atoms with Gasteiger partial charge in [-0.2, -0.15) is 13.2 Å². The largest absolute Gasteiger partial charge is 0.508 e. The minimum atomic E-state index is -4.52. The molecule has 1 atom stereocenters. The number of aromatic hydroxyl groups is 1. The lowest BCUT2D eigenvalue weighted by Gasteiger charge is -2.14. The van der Waals surface area contributed by atoms with E-state index in [0.717, 1.165) is 12.1 Å². The molecule has 0 amide bonds. The predicted molar refractivity (Wildman–Crippen MR) is 51.7 cm³/mol. The van der Waals surface area contributed by atoms with E-state index in [0.29, 0.717) is 6.07 Å². The summed E-state index contributed by atoms with van der Waals surface area (Å²) in [5.41, 5.74) is 4.75. The Kier molecular flexibility index (Phi) is 3.77. The van der Waals surface area contributed by atoms with Gasteiger partial charge in [-0.15, -0.1) is 0 Å². The third-order valence-electron chi connectivity index (χ3n) is 2.14. The Labute approximate surface area is 90.3 Å². The van der Waals surface area contributed by atoms with Crippen LogP contribution in [0.4, 0.5) is 13.2 Å². The Morgan fingerprint density at radius 3 is 2.38 bits per heavy atom. The molecule has 0 fully saturated rings. The van der Waals surface area contributed by atoms with Crippen LogP contribution in [0.2, 0.25) is 0 Å². The second-order valence-electron chi connectivity index (χ2n) is 3.43. The number of benzene rings is 1. The lowest BCUT2D eigenvalue weighted by atomic mass is 10.0. The van der Waals surface area contributed by atoms with Gasteiger partial charge in [-0.05, 0) is 30.2 Å². The number of aliphatic hydroxyl groups excluding tert-OH is 1. The van der Waals surface area contributed by atoms with E-state index in [1.54, 1.807) is 0 Å². The highest BCUT2D eigenvalue weighted by Gasteiger charge is 2.31. The molecule has 1 rings (SSSR count). The van der Waals surface area contributed by atoms with E-state index in [2.05, 4.69) is 0 Å². The van der Waals surface area contributed by atoms with E-state index in [9.17, 15) is 13.2 Å². The summed E-state index contributed by atoms with van der Waals surface area (Å²) in [6, 6.07) is 1.95. The summed E-state index contributed by atoms with van der Waals surface area (Å²) in [4.78, 5) is 0. The smallest absolute Gasteiger partial charge is 0.416 e. The summed E-state index contributed by atoms with van der Waals surface area (Å²) < 4.78 is 37.2. The van der Waals surface area contributed by atoms with Gasteiger partial charge in [0.15, 0.2) is 0 Å². The molecule has 0 aliphatic rings. The Balaban J connectivity index is 3.08. The van der Waals surface area contributed by atoms with Gasteiger partial charge in [-0.3, -0.25) is 0 Å². The van der Waals surface area contributed by atoms with E-state index in [-0.39, 0.29) is 18.6 Å². The molecule has 6 heteroatoms. The molecule has 0 saturated carbocycles. The zero-order chi connectivity index (χ0) is 12.3. The number of rotatable bonds is 3. The zero-order valence-electron chi connectivity index (χ0n) is 8.33. The lowest BCUT2D eigenvalue weighted by molar-refractivity contribution is -0.137. The van der Waals surface area contributed by atoms with Crippen LogP contribution in [-0.4, -0.2) is 16.8 Å². The van der Waals surface area contributed by atoms with E-state index < -0.39 is 23.5 Å². The summed E-state index contributed by atoms with van der Waals surface area (Å²) in [6.07, 6.45) is -4.38. The summed E-state index contributed by atoms with van der Waals surface area (Å²) in [6.45, 7) is -0.224. The summed E-state index contributed by atoms with van der Waals surface area (Å²) >= 11 is 0. The summed E-state index contributed by atoms with van der Waals surface area (Å²) in [5.74, 6) is -0.488. The van der Waals surface area contributed by atoms with Gasteiger partial charge < -0.3 is 15.9 Å². The van der Waals surface area contributed by atoms with Crippen LogP contribution in [0.25, 0.3) is 0 Å². The van der Waals surface area contributed by atoms with Gasteiger partial charge in [-0.25, -0.2) is 0 Å². The molecule has 0 aromatic heterocycles. The van der Waals surface area contributed by atoms with Crippen LogP contribution in [0, 0.1) is 0 Å². The maximum absolute atomic E-state index is 12.4. The molecule has 0 unspecified atom stereocenters. The van der Waals surface area contributed by atoms with Crippen LogP contribution < -0.4 is 5.73 Å². The normalized spacial score (nSPS) is 13.8. The molecular formula is C10H12F3NO2. The fourth-order valence-corrected chi connectivity index (χ4v) is 1.32. The molecule has 0 spiro atoms. The number of nitrogens with two attached hydrogens (primary N) is 1. The van der Waals surface area contributed by atoms with Crippen molar-refractivity contribution >= 4 is 0 Å². The average molecular weight is 235 g/mol. The van der Waals surface area contributed by atoms with E-state index in [1.165, 1.54) is 0 Å². The molecule has 0 aliphatic carbocycles. The van der Waals surface area contributed by atoms with Crippen LogP contribution in [0.15, 0.2) is 18.2 Å². The SMILES string of the molecule is N[C@H](CCO)c1cc(O)cc(C(F)(F)F)c1. The number of hydrogen-bond acceptors (Lipinski definition) is 3. The molecule has 0 saturated heterocycles. The number of alkyl halides is 3. The van der Waals surface area contributed by atoms with Crippen molar-refractivity contribution < 1.29 is 23.4 Å². The van der Waals surface area contributed by atoms with Gasteiger partial charge in [0, 0.05) is 12.6 Å². The highest BCUT2D eigenvalue weighted by Crippen LogP contribution is 2.33. The fraction of sp³-hybridized carbons (Fsp3) is 0.400. The molecule has 1 aromatic rings. The Hall–Kier alpha value is -1.27. The first-order valence-corrected chi connectivity index (χ1v) is 4.62. The topological polar surface area (TPSA) is 66.5 Å². The van der Waals surface area contributed by atoms with Crippen LogP contribution in [0.3, 0.4) is 0 Å². The van der Waals surface area contributed by atoms with Crippen LogP contribution in [-0.2, 0) is 6.18 Å². The summed E-state index contributed by atoms with van der Waals surface area (Å²) in [7, 11) is 0. The van der Waals surface area contributed by atoms with Crippen molar-refractivity contribution in [2.75, 3.05) is 6.61 Å². The Bertz CT molecular complexity index is 366. The summed E-state index contributed by atoms with van der Waals surface area (Å²) in [5, 5.41) is 17.8. The van der Waals surface area contributed by atoms with Gasteiger partial charge >= 0.3 is 6.18 Å². The van der Waals surface area contributed by atoms with Crippen molar-refractivity contribution in [3.05, 3.63) is 29.3 Å². The second kappa shape index (κ2) is 4.71. The van der Waals surface area contributed by atoms with E-state index in [1.807, 2.05) is 0 Å². The number of halogens is 3. The monoisotopic (exact) mass is 235 g/mol.